The van der Waals surface area contributed by atoms with Gasteiger partial charge in [0, 0.05) is 30.3 Å². The average molecular weight is 348 g/mol. The van der Waals surface area contributed by atoms with Crippen LogP contribution >= 0.6 is 0 Å². The van der Waals surface area contributed by atoms with Gasteiger partial charge in [-0.15, -0.1) is 0 Å². The van der Waals surface area contributed by atoms with Crippen molar-refractivity contribution >= 4 is 5.91 Å². The Kier molecular flexibility index (Phi) is 4.24. The number of carbonyl (C=O) groups excluding carboxylic acids is 1. The molecule has 0 unspecified atom stereocenters. The predicted molar refractivity (Wildman–Crippen MR) is 96.8 cm³/mol. The van der Waals surface area contributed by atoms with Crippen LogP contribution in [0.2, 0.25) is 0 Å². The summed E-state index contributed by atoms with van der Waals surface area (Å²) in [5, 5.41) is 6.94. The molecule has 6 heteroatoms. The van der Waals surface area contributed by atoms with Crippen LogP contribution in [-0.4, -0.2) is 21.0 Å². The Bertz CT molecular complexity index is 933. The summed E-state index contributed by atoms with van der Waals surface area (Å²) in [6, 6.07) is 9.87. The minimum absolute atomic E-state index is 0.153. The highest BCUT2D eigenvalue weighted by Crippen LogP contribution is 2.37. The van der Waals surface area contributed by atoms with Gasteiger partial charge in [-0.3, -0.25) is 4.79 Å². The Morgan fingerprint density at radius 1 is 1.31 bits per heavy atom. The molecule has 1 amide bonds. The summed E-state index contributed by atoms with van der Waals surface area (Å²) >= 11 is 0. The van der Waals surface area contributed by atoms with Crippen molar-refractivity contribution in [3.8, 4) is 22.6 Å². The normalized spacial score (nSPS) is 18.5. The van der Waals surface area contributed by atoms with Crippen molar-refractivity contribution in [2.45, 2.75) is 26.8 Å². The largest absolute Gasteiger partial charge is 0.356 e. The topological polar surface area (TPSA) is 80.9 Å². The SMILES string of the molecule is Cc1cc(-c2cncnc2-c2ccc(CNC(=O)[C@@H]3C[C@@H]3C)cc2)on1. The van der Waals surface area contributed by atoms with E-state index in [4.69, 9.17) is 4.52 Å². The van der Waals surface area contributed by atoms with Gasteiger partial charge in [0.05, 0.1) is 17.0 Å². The molecule has 1 aliphatic rings. The third kappa shape index (κ3) is 3.35. The van der Waals surface area contributed by atoms with E-state index in [1.807, 2.05) is 37.3 Å². The van der Waals surface area contributed by atoms with E-state index in [1.165, 1.54) is 6.33 Å². The lowest BCUT2D eigenvalue weighted by Gasteiger charge is -2.08. The molecule has 3 aromatic rings. The molecule has 0 bridgehead atoms. The number of hydrogen-bond acceptors (Lipinski definition) is 5. The second-order valence-corrected chi connectivity index (χ2v) is 6.85. The fourth-order valence-corrected chi connectivity index (χ4v) is 3.02. The Morgan fingerprint density at radius 3 is 2.73 bits per heavy atom. The highest BCUT2D eigenvalue weighted by atomic mass is 16.5. The van der Waals surface area contributed by atoms with Crippen LogP contribution in [0.25, 0.3) is 22.6 Å². The number of nitrogens with zero attached hydrogens (tertiary/aromatic N) is 3. The van der Waals surface area contributed by atoms with E-state index in [2.05, 4.69) is 27.4 Å². The van der Waals surface area contributed by atoms with E-state index in [-0.39, 0.29) is 11.8 Å². The van der Waals surface area contributed by atoms with E-state index in [1.54, 1.807) is 6.20 Å². The number of carbonyl (C=O) groups is 1. The van der Waals surface area contributed by atoms with Gasteiger partial charge in [0.1, 0.15) is 6.33 Å². The quantitative estimate of drug-likeness (QED) is 0.764. The molecule has 1 aliphatic carbocycles. The lowest BCUT2D eigenvalue weighted by Crippen LogP contribution is -2.24. The number of aromatic nitrogens is 3. The van der Waals surface area contributed by atoms with Crippen molar-refractivity contribution in [2.75, 3.05) is 0 Å². The number of benzene rings is 1. The molecule has 4 rings (SSSR count). The van der Waals surface area contributed by atoms with Crippen molar-refractivity contribution in [3.63, 3.8) is 0 Å². The van der Waals surface area contributed by atoms with Gasteiger partial charge in [-0.25, -0.2) is 9.97 Å². The van der Waals surface area contributed by atoms with Gasteiger partial charge in [-0.2, -0.15) is 0 Å². The second kappa shape index (κ2) is 6.71. The Labute approximate surface area is 151 Å². The van der Waals surface area contributed by atoms with Gasteiger partial charge in [-0.1, -0.05) is 36.3 Å². The van der Waals surface area contributed by atoms with Crippen LogP contribution in [0, 0.1) is 18.8 Å². The zero-order valence-corrected chi connectivity index (χ0v) is 14.8. The molecule has 132 valence electrons. The number of amides is 1. The molecular formula is C20H20N4O2. The van der Waals surface area contributed by atoms with Crippen molar-refractivity contribution in [1.29, 1.82) is 0 Å². The lowest BCUT2D eigenvalue weighted by atomic mass is 10.0. The Morgan fingerprint density at radius 2 is 2.08 bits per heavy atom. The third-order valence-electron chi connectivity index (χ3n) is 4.75. The summed E-state index contributed by atoms with van der Waals surface area (Å²) in [5.41, 5.74) is 4.42. The monoisotopic (exact) mass is 348 g/mol. The molecule has 0 saturated heterocycles. The molecule has 1 N–H and O–H groups in total. The molecule has 2 heterocycles. The van der Waals surface area contributed by atoms with E-state index in [9.17, 15) is 4.79 Å². The summed E-state index contributed by atoms with van der Waals surface area (Å²) in [6.07, 6.45) is 4.25. The fourth-order valence-electron chi connectivity index (χ4n) is 3.02. The zero-order chi connectivity index (χ0) is 18.1. The Hall–Kier alpha value is -3.02. The predicted octanol–water partition coefficient (Wildman–Crippen LogP) is 3.38. The van der Waals surface area contributed by atoms with E-state index in [0.717, 1.165) is 34.5 Å². The van der Waals surface area contributed by atoms with Gasteiger partial charge in [0.25, 0.3) is 0 Å². The van der Waals surface area contributed by atoms with Crippen molar-refractivity contribution in [2.24, 2.45) is 11.8 Å². The minimum Gasteiger partial charge on any atom is -0.356 e. The fraction of sp³-hybridized carbons (Fsp3) is 0.300. The van der Waals surface area contributed by atoms with Gasteiger partial charge >= 0.3 is 0 Å². The summed E-state index contributed by atoms with van der Waals surface area (Å²) in [4.78, 5) is 20.5. The highest BCUT2D eigenvalue weighted by molar-refractivity contribution is 5.81. The molecule has 0 spiro atoms. The third-order valence-corrected chi connectivity index (χ3v) is 4.75. The molecular weight excluding hydrogens is 328 g/mol. The maximum absolute atomic E-state index is 11.9. The minimum atomic E-state index is 0.153. The molecule has 1 aromatic carbocycles. The Balaban J connectivity index is 1.51. The summed E-state index contributed by atoms with van der Waals surface area (Å²) in [7, 11) is 0. The number of hydrogen-bond donors (Lipinski definition) is 1. The summed E-state index contributed by atoms with van der Waals surface area (Å²) in [6.45, 7) is 4.52. The van der Waals surface area contributed by atoms with E-state index >= 15 is 0 Å². The maximum Gasteiger partial charge on any atom is 0.223 e. The van der Waals surface area contributed by atoms with E-state index in [0.29, 0.717) is 18.2 Å². The standard InChI is InChI=1S/C20H20N4O2/c1-12-7-16(12)20(25)22-9-14-3-5-15(6-4-14)19-17(10-21-11-23-19)18-8-13(2)24-26-18/h3-6,8,10-12,16H,7,9H2,1-2H3,(H,22,25)/t12-,16+/m0/s1. The molecule has 26 heavy (non-hydrogen) atoms. The van der Waals surface area contributed by atoms with Crippen LogP contribution < -0.4 is 5.32 Å². The maximum atomic E-state index is 11.9. The highest BCUT2D eigenvalue weighted by Gasteiger charge is 2.38. The first-order valence-corrected chi connectivity index (χ1v) is 8.72. The smallest absolute Gasteiger partial charge is 0.223 e. The van der Waals surface area contributed by atoms with Crippen molar-refractivity contribution in [3.05, 3.63) is 54.1 Å². The molecule has 6 nitrogen and oxygen atoms in total. The first kappa shape index (κ1) is 16.4. The van der Waals surface area contributed by atoms with E-state index < -0.39 is 0 Å². The molecule has 2 atom stereocenters. The van der Waals surface area contributed by atoms with Crippen LogP contribution in [0.4, 0.5) is 0 Å². The van der Waals surface area contributed by atoms with Crippen LogP contribution in [0.15, 0.2) is 47.4 Å². The summed E-state index contributed by atoms with van der Waals surface area (Å²) in [5.74, 6) is 1.52. The molecule has 1 saturated carbocycles. The van der Waals surface area contributed by atoms with Gasteiger partial charge in [-0.05, 0) is 24.8 Å². The molecule has 0 radical (unpaired) electrons. The van der Waals surface area contributed by atoms with Crippen LogP contribution in [0.1, 0.15) is 24.6 Å². The molecule has 1 fully saturated rings. The first-order chi connectivity index (χ1) is 12.6. The van der Waals surface area contributed by atoms with Crippen molar-refractivity contribution in [1.82, 2.24) is 20.4 Å². The van der Waals surface area contributed by atoms with Crippen LogP contribution in [0.5, 0.6) is 0 Å². The average Bonchev–Trinajstić information content (AvgIpc) is 3.24. The molecule has 2 aromatic heterocycles. The van der Waals surface area contributed by atoms with Crippen LogP contribution in [-0.2, 0) is 11.3 Å². The second-order valence-electron chi connectivity index (χ2n) is 6.85. The molecule has 0 aliphatic heterocycles. The first-order valence-electron chi connectivity index (χ1n) is 8.72. The van der Waals surface area contributed by atoms with Gasteiger partial charge in [0.2, 0.25) is 5.91 Å². The lowest BCUT2D eigenvalue weighted by molar-refractivity contribution is -0.122. The zero-order valence-electron chi connectivity index (χ0n) is 14.8. The number of rotatable bonds is 5. The van der Waals surface area contributed by atoms with Gasteiger partial charge < -0.3 is 9.84 Å². The van der Waals surface area contributed by atoms with Crippen LogP contribution in [0.3, 0.4) is 0 Å². The summed E-state index contributed by atoms with van der Waals surface area (Å²) < 4.78 is 5.36. The number of aryl methyl sites for hydroxylation is 1. The van der Waals surface area contributed by atoms with Crippen molar-refractivity contribution < 1.29 is 9.32 Å². The number of nitrogens with one attached hydrogen (secondary N) is 1. The van der Waals surface area contributed by atoms with Gasteiger partial charge in [0.15, 0.2) is 5.76 Å².